The normalized spacial score (nSPS) is 16.4. The molecule has 0 amide bonds. The molecule has 186 valence electrons. The van der Waals surface area contributed by atoms with Crippen molar-refractivity contribution in [1.82, 2.24) is 9.13 Å². The number of fused-ring (bicyclic) bond motifs is 7. The Labute approximate surface area is 221 Å². The number of methoxy groups -OCH3 is 1. The predicted octanol–water partition coefficient (Wildman–Crippen LogP) is 8.31. The van der Waals surface area contributed by atoms with Gasteiger partial charge in [0.15, 0.2) is 0 Å². The lowest BCUT2D eigenvalue weighted by Crippen LogP contribution is -2.21. The number of ether oxygens (including phenoxy) is 1. The van der Waals surface area contributed by atoms with E-state index in [9.17, 15) is 4.79 Å². The van der Waals surface area contributed by atoms with Crippen molar-refractivity contribution in [2.24, 2.45) is 0 Å². The molecule has 0 N–H and O–H groups in total. The SMILES string of the molecule is COC(=O)n1c2c(c3ccccc31)C(C)C(Cc1ccccc1)c1c-2n(-c2ccccc2)c2ccccc12. The van der Waals surface area contributed by atoms with Gasteiger partial charge in [-0.25, -0.2) is 9.36 Å². The second-order valence-corrected chi connectivity index (χ2v) is 10.1. The molecule has 0 radical (unpaired) electrons. The summed E-state index contributed by atoms with van der Waals surface area (Å²) in [5.74, 6) is 0.412. The third kappa shape index (κ3) is 3.20. The third-order valence-electron chi connectivity index (χ3n) is 8.15. The Hall–Kier alpha value is -4.57. The minimum Gasteiger partial charge on any atom is -0.452 e. The van der Waals surface area contributed by atoms with Crippen molar-refractivity contribution in [3.63, 3.8) is 0 Å². The fourth-order valence-electron chi connectivity index (χ4n) is 6.56. The smallest absolute Gasteiger partial charge is 0.418 e. The van der Waals surface area contributed by atoms with Crippen LogP contribution in [0.15, 0.2) is 109 Å². The minimum absolute atomic E-state index is 0.184. The molecule has 2 aromatic heterocycles. The van der Waals surface area contributed by atoms with Crippen LogP contribution in [0.25, 0.3) is 38.9 Å². The van der Waals surface area contributed by atoms with E-state index < -0.39 is 0 Å². The highest BCUT2D eigenvalue weighted by atomic mass is 16.5. The van der Waals surface area contributed by atoms with E-state index in [4.69, 9.17) is 4.74 Å². The maximum absolute atomic E-state index is 13.4. The van der Waals surface area contributed by atoms with Crippen LogP contribution in [0.3, 0.4) is 0 Å². The van der Waals surface area contributed by atoms with Gasteiger partial charge >= 0.3 is 6.09 Å². The van der Waals surface area contributed by atoms with Crippen LogP contribution in [0.5, 0.6) is 0 Å². The van der Waals surface area contributed by atoms with E-state index in [1.807, 2.05) is 18.2 Å². The van der Waals surface area contributed by atoms with Crippen LogP contribution in [-0.4, -0.2) is 22.3 Å². The van der Waals surface area contributed by atoms with Crippen LogP contribution in [0.1, 0.15) is 35.4 Å². The minimum atomic E-state index is -0.369. The molecule has 2 heterocycles. The summed E-state index contributed by atoms with van der Waals surface area (Å²) in [5, 5.41) is 2.33. The first-order valence-electron chi connectivity index (χ1n) is 13.1. The van der Waals surface area contributed by atoms with Gasteiger partial charge in [0.25, 0.3) is 0 Å². The first-order valence-corrected chi connectivity index (χ1v) is 13.1. The number of rotatable bonds is 3. The van der Waals surface area contributed by atoms with Gasteiger partial charge in [0, 0.05) is 16.5 Å². The lowest BCUT2D eigenvalue weighted by Gasteiger charge is -2.32. The van der Waals surface area contributed by atoms with Gasteiger partial charge in [-0.3, -0.25) is 0 Å². The number of para-hydroxylation sites is 3. The van der Waals surface area contributed by atoms with E-state index in [2.05, 4.69) is 102 Å². The summed E-state index contributed by atoms with van der Waals surface area (Å²) in [7, 11) is 1.46. The van der Waals surface area contributed by atoms with Crippen LogP contribution in [-0.2, 0) is 11.2 Å². The van der Waals surface area contributed by atoms with Crippen LogP contribution in [0.4, 0.5) is 4.79 Å². The predicted molar refractivity (Wildman–Crippen MR) is 153 cm³/mol. The summed E-state index contributed by atoms with van der Waals surface area (Å²) >= 11 is 0. The molecular weight excluding hydrogens is 468 g/mol. The van der Waals surface area contributed by atoms with Crippen molar-refractivity contribution in [2.45, 2.75) is 25.2 Å². The molecule has 0 spiro atoms. The van der Waals surface area contributed by atoms with Crippen molar-refractivity contribution in [1.29, 1.82) is 0 Å². The van der Waals surface area contributed by atoms with E-state index in [-0.39, 0.29) is 17.9 Å². The Bertz CT molecular complexity index is 1810. The van der Waals surface area contributed by atoms with E-state index in [0.29, 0.717) is 0 Å². The molecule has 0 fully saturated rings. The lowest BCUT2D eigenvalue weighted by molar-refractivity contribution is 0.174. The third-order valence-corrected chi connectivity index (χ3v) is 8.15. The van der Waals surface area contributed by atoms with E-state index in [1.54, 1.807) is 4.57 Å². The van der Waals surface area contributed by atoms with Crippen LogP contribution in [0, 0.1) is 0 Å². The highest BCUT2D eigenvalue weighted by Gasteiger charge is 2.41. The summed E-state index contributed by atoms with van der Waals surface area (Å²) < 4.78 is 9.50. The largest absolute Gasteiger partial charge is 0.452 e. The molecule has 1 aliphatic carbocycles. The average Bonchev–Trinajstić information content (AvgIpc) is 3.49. The standard InChI is InChI=1S/C34H28N2O2/c1-22-27(21-23-13-5-3-6-14-23)31-26-18-10-11-19-28(26)35(24-15-7-4-8-16-24)33(31)32-30(22)25-17-9-12-20-29(25)36(32)34(37)38-2/h3-20,22,27H,21H2,1-2H3. The van der Waals surface area contributed by atoms with Crippen LogP contribution >= 0.6 is 0 Å². The van der Waals surface area contributed by atoms with Crippen molar-refractivity contribution in [2.75, 3.05) is 7.11 Å². The summed E-state index contributed by atoms with van der Waals surface area (Å²) in [4.78, 5) is 13.4. The Kier molecular flexibility index (Phi) is 5.22. The second-order valence-electron chi connectivity index (χ2n) is 10.1. The fraction of sp³-hybridized carbons (Fsp3) is 0.147. The van der Waals surface area contributed by atoms with Gasteiger partial charge in [0.1, 0.15) is 0 Å². The highest BCUT2D eigenvalue weighted by molar-refractivity contribution is 6.05. The molecule has 1 aliphatic rings. The molecular formula is C34H28N2O2. The summed E-state index contributed by atoms with van der Waals surface area (Å²) in [6, 6.07) is 38.1. The zero-order valence-electron chi connectivity index (χ0n) is 21.5. The Morgan fingerprint density at radius 2 is 1.29 bits per heavy atom. The monoisotopic (exact) mass is 496 g/mol. The van der Waals surface area contributed by atoms with Gasteiger partial charge in [-0.1, -0.05) is 91.9 Å². The first-order chi connectivity index (χ1) is 18.7. The number of benzene rings is 4. The molecule has 0 saturated carbocycles. The quantitative estimate of drug-likeness (QED) is 0.247. The molecule has 38 heavy (non-hydrogen) atoms. The molecule has 2 unspecified atom stereocenters. The van der Waals surface area contributed by atoms with Gasteiger partial charge in [0.2, 0.25) is 0 Å². The topological polar surface area (TPSA) is 36.2 Å². The van der Waals surface area contributed by atoms with Crippen LogP contribution < -0.4 is 0 Å². The lowest BCUT2D eigenvalue weighted by atomic mass is 9.72. The molecule has 0 bridgehead atoms. The van der Waals surface area contributed by atoms with Crippen molar-refractivity contribution < 1.29 is 9.53 Å². The summed E-state index contributed by atoms with van der Waals surface area (Å²) in [6.07, 6.45) is 0.543. The number of hydrogen-bond acceptors (Lipinski definition) is 2. The average molecular weight is 497 g/mol. The number of nitrogens with zero attached hydrogens (tertiary/aromatic N) is 2. The molecule has 0 saturated heterocycles. The van der Waals surface area contributed by atoms with Crippen LogP contribution in [0.2, 0.25) is 0 Å². The summed E-state index contributed by atoms with van der Waals surface area (Å²) in [5.41, 5.74) is 8.92. The van der Waals surface area contributed by atoms with Gasteiger partial charge < -0.3 is 9.30 Å². The molecule has 0 aliphatic heterocycles. The number of carbonyl (C=O) groups is 1. The maximum atomic E-state index is 13.4. The molecule has 6 aromatic rings. The van der Waals surface area contributed by atoms with Gasteiger partial charge in [-0.05, 0) is 59.2 Å². The molecule has 2 atom stereocenters. The van der Waals surface area contributed by atoms with Gasteiger partial charge in [-0.2, -0.15) is 0 Å². The fourth-order valence-corrected chi connectivity index (χ4v) is 6.56. The second kappa shape index (κ2) is 8.77. The molecule has 7 rings (SSSR count). The van der Waals surface area contributed by atoms with Crippen molar-refractivity contribution >= 4 is 27.9 Å². The first kappa shape index (κ1) is 22.6. The zero-order chi connectivity index (χ0) is 25.8. The number of aromatic nitrogens is 2. The van der Waals surface area contributed by atoms with E-state index in [0.717, 1.165) is 39.9 Å². The van der Waals surface area contributed by atoms with E-state index in [1.165, 1.54) is 29.2 Å². The highest BCUT2D eigenvalue weighted by Crippen LogP contribution is 2.55. The zero-order valence-corrected chi connectivity index (χ0v) is 21.5. The molecule has 4 aromatic carbocycles. The molecule has 4 nitrogen and oxygen atoms in total. The van der Waals surface area contributed by atoms with Gasteiger partial charge in [-0.15, -0.1) is 0 Å². The Morgan fingerprint density at radius 3 is 1.97 bits per heavy atom. The Morgan fingerprint density at radius 1 is 0.711 bits per heavy atom. The van der Waals surface area contributed by atoms with Crippen molar-refractivity contribution in [3.8, 4) is 17.1 Å². The van der Waals surface area contributed by atoms with Gasteiger partial charge in [0.05, 0.1) is 29.5 Å². The number of hydrogen-bond donors (Lipinski definition) is 0. The Balaban J connectivity index is 1.66. The van der Waals surface area contributed by atoms with Crippen molar-refractivity contribution in [3.05, 3.63) is 126 Å². The van der Waals surface area contributed by atoms with E-state index >= 15 is 0 Å². The number of carbonyl (C=O) groups excluding carboxylic acids is 1. The summed E-state index contributed by atoms with van der Waals surface area (Å²) in [6.45, 7) is 2.32. The maximum Gasteiger partial charge on any atom is 0.418 e. The molecule has 4 heteroatoms.